The molecule has 3 aromatic heterocycles. The Balaban J connectivity index is 1.49. The summed E-state index contributed by atoms with van der Waals surface area (Å²) in [6.45, 7) is 2.32. The summed E-state index contributed by atoms with van der Waals surface area (Å²) in [4.78, 5) is 34.3. The van der Waals surface area contributed by atoms with Crippen molar-refractivity contribution in [3.05, 3.63) is 53.6 Å². The van der Waals surface area contributed by atoms with Crippen molar-refractivity contribution in [1.29, 1.82) is 0 Å². The molecule has 1 fully saturated rings. The lowest BCUT2D eigenvalue weighted by Crippen LogP contribution is -2.25. The van der Waals surface area contributed by atoms with E-state index in [4.69, 9.17) is 11.6 Å². The van der Waals surface area contributed by atoms with E-state index in [1.54, 1.807) is 17.9 Å². The van der Waals surface area contributed by atoms with Crippen molar-refractivity contribution >= 4 is 40.0 Å². The van der Waals surface area contributed by atoms with E-state index in [1.165, 1.54) is 23.4 Å². The molecule has 0 saturated carbocycles. The molecule has 1 saturated heterocycles. The highest BCUT2D eigenvalue weighted by molar-refractivity contribution is 6.31. The van der Waals surface area contributed by atoms with Crippen LogP contribution in [-0.2, 0) is 11.0 Å². The Hall–Kier alpha value is -3.87. The molecule has 1 amide bonds. The fourth-order valence-electron chi connectivity index (χ4n) is 3.95. The van der Waals surface area contributed by atoms with Crippen molar-refractivity contribution in [1.82, 2.24) is 34.7 Å². The SMILES string of the molecule is C[C@H](Nc1ncnc2c(C(F)(F)F)cc(Cl)cc12)c1ncnn1-c1cc(N2CCCC2=O)ncn1. The van der Waals surface area contributed by atoms with Gasteiger partial charge >= 0.3 is 6.18 Å². The lowest BCUT2D eigenvalue weighted by molar-refractivity contribution is -0.136. The number of alkyl halides is 3. The normalized spacial score (nSPS) is 15.1. The number of nitrogens with zero attached hydrogens (tertiary/aromatic N) is 8. The quantitative estimate of drug-likeness (QED) is 0.435. The highest BCUT2D eigenvalue weighted by Crippen LogP contribution is 2.38. The first kappa shape index (κ1) is 22.9. The Morgan fingerprint density at radius 1 is 1.03 bits per heavy atom. The van der Waals surface area contributed by atoms with E-state index in [1.807, 2.05) is 0 Å². The highest BCUT2D eigenvalue weighted by atomic mass is 35.5. The van der Waals surface area contributed by atoms with E-state index in [2.05, 4.69) is 35.3 Å². The number of fused-ring (bicyclic) bond motifs is 1. The second kappa shape index (κ2) is 8.73. The molecule has 4 heterocycles. The minimum atomic E-state index is -4.64. The molecule has 1 N–H and O–H groups in total. The molecule has 0 unspecified atom stereocenters. The Morgan fingerprint density at radius 2 is 1.80 bits per heavy atom. The molecular weight excluding hydrogens is 487 g/mol. The summed E-state index contributed by atoms with van der Waals surface area (Å²) in [6, 6.07) is 3.27. The number of carbonyl (C=O) groups is 1. The van der Waals surface area contributed by atoms with Gasteiger partial charge in [-0.3, -0.25) is 9.69 Å². The molecule has 1 aliphatic rings. The summed E-state index contributed by atoms with van der Waals surface area (Å²) >= 11 is 5.97. The van der Waals surface area contributed by atoms with Gasteiger partial charge in [-0.1, -0.05) is 11.6 Å². The molecule has 0 spiro atoms. The number of rotatable bonds is 5. The summed E-state index contributed by atoms with van der Waals surface area (Å²) in [5.41, 5.74) is -1.23. The fourth-order valence-corrected chi connectivity index (χ4v) is 4.16. The van der Waals surface area contributed by atoms with E-state index in [0.29, 0.717) is 30.4 Å². The second-order valence-electron chi connectivity index (χ2n) is 7.85. The Kier molecular flexibility index (Phi) is 5.71. The van der Waals surface area contributed by atoms with Crippen LogP contribution in [0.5, 0.6) is 0 Å². The van der Waals surface area contributed by atoms with Crippen molar-refractivity contribution in [2.45, 2.75) is 32.0 Å². The molecule has 10 nitrogen and oxygen atoms in total. The monoisotopic (exact) mass is 503 g/mol. The first-order chi connectivity index (χ1) is 16.7. The average molecular weight is 504 g/mol. The maximum atomic E-state index is 13.5. The summed E-state index contributed by atoms with van der Waals surface area (Å²) < 4.78 is 42.0. The van der Waals surface area contributed by atoms with Gasteiger partial charge in [0.25, 0.3) is 0 Å². The lowest BCUT2D eigenvalue weighted by atomic mass is 10.1. The van der Waals surface area contributed by atoms with Gasteiger partial charge in [-0.25, -0.2) is 24.9 Å². The van der Waals surface area contributed by atoms with Gasteiger partial charge in [-0.2, -0.15) is 23.0 Å². The molecule has 0 aliphatic carbocycles. The van der Waals surface area contributed by atoms with Crippen LogP contribution >= 0.6 is 11.6 Å². The third-order valence-corrected chi connectivity index (χ3v) is 5.75. The zero-order chi connectivity index (χ0) is 24.7. The van der Waals surface area contributed by atoms with Gasteiger partial charge in [0.2, 0.25) is 5.91 Å². The molecule has 180 valence electrons. The molecule has 1 aliphatic heterocycles. The molecular formula is C21H17ClF3N9O. The van der Waals surface area contributed by atoms with Crippen molar-refractivity contribution < 1.29 is 18.0 Å². The van der Waals surface area contributed by atoms with Gasteiger partial charge < -0.3 is 5.32 Å². The van der Waals surface area contributed by atoms with Gasteiger partial charge in [0.1, 0.15) is 30.6 Å². The summed E-state index contributed by atoms with van der Waals surface area (Å²) in [6.07, 6.45) is 0.283. The number of anilines is 2. The largest absolute Gasteiger partial charge is 0.418 e. The molecule has 0 bridgehead atoms. The highest BCUT2D eigenvalue weighted by Gasteiger charge is 2.34. The number of hydrogen-bond donors (Lipinski definition) is 1. The van der Waals surface area contributed by atoms with Gasteiger partial charge in [-0.15, -0.1) is 0 Å². The standard InChI is InChI=1S/C21H17ClF3N9O/c1-11(32-19-13-5-12(22)6-14(21(23,24)25)18(13)28-9-29-19)20-30-10-31-34(20)16-7-15(26-8-27-16)33-4-2-3-17(33)35/h5-11H,2-4H2,1H3,(H,28,29,32)/t11-/m0/s1. The van der Waals surface area contributed by atoms with E-state index in [0.717, 1.165) is 18.8 Å². The summed E-state index contributed by atoms with van der Waals surface area (Å²) in [7, 11) is 0. The van der Waals surface area contributed by atoms with Crippen molar-refractivity contribution in [3.63, 3.8) is 0 Å². The smallest absolute Gasteiger partial charge is 0.360 e. The van der Waals surface area contributed by atoms with Crippen LogP contribution in [0.2, 0.25) is 5.02 Å². The maximum Gasteiger partial charge on any atom is 0.418 e. The molecule has 14 heteroatoms. The number of halogens is 4. The van der Waals surface area contributed by atoms with Crippen LogP contribution < -0.4 is 10.2 Å². The Labute approximate surface area is 201 Å². The molecule has 1 aromatic carbocycles. The Bertz CT molecular complexity index is 1420. The molecule has 5 rings (SSSR count). The van der Waals surface area contributed by atoms with Crippen molar-refractivity contribution in [3.8, 4) is 5.82 Å². The number of nitrogens with one attached hydrogen (secondary N) is 1. The lowest BCUT2D eigenvalue weighted by Gasteiger charge is -2.18. The molecule has 4 aromatic rings. The van der Waals surface area contributed by atoms with Gasteiger partial charge in [-0.05, 0) is 25.5 Å². The number of benzene rings is 1. The average Bonchev–Trinajstić information content (AvgIpc) is 3.48. The zero-order valence-electron chi connectivity index (χ0n) is 18.2. The molecule has 0 radical (unpaired) electrons. The van der Waals surface area contributed by atoms with Crippen LogP contribution in [0.25, 0.3) is 16.7 Å². The van der Waals surface area contributed by atoms with Crippen LogP contribution in [0.3, 0.4) is 0 Å². The van der Waals surface area contributed by atoms with E-state index >= 15 is 0 Å². The van der Waals surface area contributed by atoms with Crippen LogP contribution in [0.15, 0.2) is 37.2 Å². The molecule has 35 heavy (non-hydrogen) atoms. The third kappa shape index (κ3) is 4.34. The number of hydrogen-bond acceptors (Lipinski definition) is 8. The minimum Gasteiger partial charge on any atom is -0.360 e. The van der Waals surface area contributed by atoms with Gasteiger partial charge in [0.05, 0.1) is 17.1 Å². The van der Waals surface area contributed by atoms with E-state index < -0.39 is 17.8 Å². The van der Waals surface area contributed by atoms with Crippen LogP contribution in [-0.4, -0.2) is 47.2 Å². The van der Waals surface area contributed by atoms with Crippen LogP contribution in [0.4, 0.5) is 24.8 Å². The number of carbonyl (C=O) groups excluding carboxylic acids is 1. The fraction of sp³-hybridized carbons (Fsp3) is 0.286. The van der Waals surface area contributed by atoms with Gasteiger partial charge in [0.15, 0.2) is 11.6 Å². The third-order valence-electron chi connectivity index (χ3n) is 5.53. The van der Waals surface area contributed by atoms with Crippen molar-refractivity contribution in [2.24, 2.45) is 0 Å². The predicted octanol–water partition coefficient (Wildman–Crippen LogP) is 3.97. The zero-order valence-corrected chi connectivity index (χ0v) is 18.9. The number of amides is 1. The molecule has 1 atom stereocenters. The van der Waals surface area contributed by atoms with Crippen LogP contribution in [0.1, 0.15) is 37.2 Å². The Morgan fingerprint density at radius 3 is 2.54 bits per heavy atom. The minimum absolute atomic E-state index is 0.0176. The summed E-state index contributed by atoms with van der Waals surface area (Å²) in [5.74, 6) is 1.38. The van der Waals surface area contributed by atoms with E-state index in [9.17, 15) is 18.0 Å². The number of aromatic nitrogens is 7. The predicted molar refractivity (Wildman–Crippen MR) is 120 cm³/mol. The van der Waals surface area contributed by atoms with E-state index in [-0.39, 0.29) is 27.7 Å². The first-order valence-electron chi connectivity index (χ1n) is 10.5. The summed E-state index contributed by atoms with van der Waals surface area (Å²) in [5, 5.41) is 7.32. The topological polar surface area (TPSA) is 115 Å². The van der Waals surface area contributed by atoms with Crippen molar-refractivity contribution in [2.75, 3.05) is 16.8 Å². The second-order valence-corrected chi connectivity index (χ2v) is 8.29. The first-order valence-corrected chi connectivity index (χ1v) is 10.9. The van der Waals surface area contributed by atoms with Crippen LogP contribution in [0, 0.1) is 0 Å². The van der Waals surface area contributed by atoms with Gasteiger partial charge in [0, 0.05) is 29.4 Å². The maximum absolute atomic E-state index is 13.5.